The summed E-state index contributed by atoms with van der Waals surface area (Å²) in [6, 6.07) is 24.4. The summed E-state index contributed by atoms with van der Waals surface area (Å²) in [6.45, 7) is 9.00. The van der Waals surface area contributed by atoms with Gasteiger partial charge in [0.2, 0.25) is 5.69 Å². The minimum Gasteiger partial charge on any atom is -0.200 e. The smallest absolute Gasteiger partial charge is 0.200 e. The van der Waals surface area contributed by atoms with Gasteiger partial charge in [0.15, 0.2) is 6.20 Å². The SMILES string of the molecule is Cc1ccc2c(-c3cc(-c4ccccc4)cc(C(C)C)c3C)[n+](C)ccc2c1. The van der Waals surface area contributed by atoms with Crippen LogP contribution in [0.4, 0.5) is 0 Å². The summed E-state index contributed by atoms with van der Waals surface area (Å²) in [5, 5.41) is 2.60. The average Bonchev–Trinajstić information content (AvgIpc) is 2.69. The molecular weight excluding hydrogens is 338 g/mol. The van der Waals surface area contributed by atoms with Gasteiger partial charge in [0, 0.05) is 6.07 Å². The van der Waals surface area contributed by atoms with E-state index in [0.29, 0.717) is 5.92 Å². The monoisotopic (exact) mass is 366 g/mol. The number of benzene rings is 3. The molecule has 4 rings (SSSR count). The van der Waals surface area contributed by atoms with Gasteiger partial charge in [-0.05, 0) is 59.5 Å². The van der Waals surface area contributed by atoms with Crippen LogP contribution in [0.15, 0.2) is 72.9 Å². The molecule has 0 N–H and O–H groups in total. The number of hydrogen-bond acceptors (Lipinski definition) is 0. The van der Waals surface area contributed by atoms with E-state index in [9.17, 15) is 0 Å². The van der Waals surface area contributed by atoms with Crippen LogP contribution in [0, 0.1) is 13.8 Å². The second-order valence-electron chi connectivity index (χ2n) is 8.12. The first kappa shape index (κ1) is 18.4. The van der Waals surface area contributed by atoms with Crippen LogP contribution in [0.25, 0.3) is 33.2 Å². The minimum atomic E-state index is 0.477. The van der Waals surface area contributed by atoms with Gasteiger partial charge >= 0.3 is 0 Å². The Balaban J connectivity index is 2.07. The summed E-state index contributed by atoms with van der Waals surface area (Å²) in [5.41, 5.74) is 9.25. The van der Waals surface area contributed by atoms with E-state index in [2.05, 4.69) is 112 Å². The normalized spacial score (nSPS) is 11.4. The number of nitrogens with zero attached hydrogens (tertiary/aromatic N) is 1. The maximum absolute atomic E-state index is 2.37. The third-order valence-corrected chi connectivity index (χ3v) is 5.72. The molecule has 0 spiro atoms. The zero-order valence-electron chi connectivity index (χ0n) is 17.5. The van der Waals surface area contributed by atoms with Crippen LogP contribution in [0.1, 0.15) is 36.5 Å². The Morgan fingerprint density at radius 1 is 0.786 bits per heavy atom. The summed E-state index contributed by atoms with van der Waals surface area (Å²) in [5.74, 6) is 0.477. The summed E-state index contributed by atoms with van der Waals surface area (Å²) in [7, 11) is 2.15. The van der Waals surface area contributed by atoms with E-state index < -0.39 is 0 Å². The molecule has 1 heterocycles. The predicted molar refractivity (Wildman–Crippen MR) is 120 cm³/mol. The number of aryl methyl sites for hydroxylation is 2. The first-order chi connectivity index (χ1) is 13.5. The van der Waals surface area contributed by atoms with Crippen LogP contribution in [0.3, 0.4) is 0 Å². The second kappa shape index (κ2) is 7.24. The van der Waals surface area contributed by atoms with E-state index in [1.54, 1.807) is 0 Å². The fraction of sp³-hybridized carbons (Fsp3) is 0.222. The molecule has 1 heteroatoms. The van der Waals surface area contributed by atoms with Crippen molar-refractivity contribution in [2.45, 2.75) is 33.6 Å². The lowest BCUT2D eigenvalue weighted by Gasteiger charge is -2.17. The lowest BCUT2D eigenvalue weighted by atomic mass is 9.87. The van der Waals surface area contributed by atoms with Crippen molar-refractivity contribution in [1.82, 2.24) is 0 Å². The van der Waals surface area contributed by atoms with Crippen LogP contribution in [0.2, 0.25) is 0 Å². The van der Waals surface area contributed by atoms with Crippen molar-refractivity contribution in [3.63, 3.8) is 0 Å². The van der Waals surface area contributed by atoms with Gasteiger partial charge in [-0.1, -0.05) is 67.9 Å². The topological polar surface area (TPSA) is 3.88 Å². The first-order valence-corrected chi connectivity index (χ1v) is 10.0. The van der Waals surface area contributed by atoms with Gasteiger partial charge in [-0.25, -0.2) is 4.57 Å². The van der Waals surface area contributed by atoms with Gasteiger partial charge in [-0.3, -0.25) is 0 Å². The van der Waals surface area contributed by atoms with E-state index in [1.165, 1.54) is 49.8 Å². The molecule has 0 aliphatic rings. The molecule has 28 heavy (non-hydrogen) atoms. The first-order valence-electron chi connectivity index (χ1n) is 10.0. The van der Waals surface area contributed by atoms with Crippen molar-refractivity contribution >= 4 is 10.8 Å². The number of hydrogen-bond donors (Lipinski definition) is 0. The molecule has 0 saturated heterocycles. The molecule has 0 fully saturated rings. The fourth-order valence-electron chi connectivity index (χ4n) is 4.21. The molecule has 0 saturated carbocycles. The van der Waals surface area contributed by atoms with Crippen LogP contribution >= 0.6 is 0 Å². The fourth-order valence-corrected chi connectivity index (χ4v) is 4.21. The maximum atomic E-state index is 2.37. The van der Waals surface area contributed by atoms with Crippen LogP contribution in [-0.2, 0) is 7.05 Å². The van der Waals surface area contributed by atoms with Crippen molar-refractivity contribution in [1.29, 1.82) is 0 Å². The van der Waals surface area contributed by atoms with Crippen molar-refractivity contribution in [3.05, 3.63) is 89.6 Å². The third kappa shape index (κ3) is 3.22. The highest BCUT2D eigenvalue weighted by Crippen LogP contribution is 2.36. The highest BCUT2D eigenvalue weighted by molar-refractivity contribution is 5.95. The molecule has 0 atom stereocenters. The highest BCUT2D eigenvalue weighted by atomic mass is 14.9. The van der Waals surface area contributed by atoms with Gasteiger partial charge in [-0.2, -0.15) is 0 Å². The number of aromatic nitrogens is 1. The Hall–Kier alpha value is -2.93. The summed E-state index contributed by atoms with van der Waals surface area (Å²) in [6.07, 6.45) is 2.18. The third-order valence-electron chi connectivity index (χ3n) is 5.72. The standard InChI is InChI=1S/C27H28N/c1-18(2)25-16-23(21-9-7-6-8-10-21)17-26(20(25)4)27-24-12-11-19(3)15-22(24)13-14-28(27)5/h6-18H,1-5H3/q+1. The minimum absolute atomic E-state index is 0.477. The molecule has 4 aromatic rings. The molecule has 0 amide bonds. The zero-order chi connectivity index (χ0) is 19.8. The molecule has 1 aromatic heterocycles. The maximum Gasteiger partial charge on any atom is 0.220 e. The summed E-state index contributed by atoms with van der Waals surface area (Å²) in [4.78, 5) is 0. The lowest BCUT2D eigenvalue weighted by Crippen LogP contribution is -2.31. The van der Waals surface area contributed by atoms with Crippen molar-refractivity contribution in [2.24, 2.45) is 7.05 Å². The van der Waals surface area contributed by atoms with Crippen LogP contribution in [0.5, 0.6) is 0 Å². The molecule has 0 aliphatic heterocycles. The van der Waals surface area contributed by atoms with E-state index in [1.807, 2.05) is 0 Å². The van der Waals surface area contributed by atoms with Crippen molar-refractivity contribution < 1.29 is 4.57 Å². The van der Waals surface area contributed by atoms with Crippen molar-refractivity contribution in [3.8, 4) is 22.4 Å². The number of fused-ring (bicyclic) bond motifs is 1. The molecular formula is C27H28N+. The van der Waals surface area contributed by atoms with Gasteiger partial charge in [-0.15, -0.1) is 0 Å². The van der Waals surface area contributed by atoms with Crippen molar-refractivity contribution in [2.75, 3.05) is 0 Å². The zero-order valence-corrected chi connectivity index (χ0v) is 17.5. The largest absolute Gasteiger partial charge is 0.220 e. The molecule has 1 nitrogen and oxygen atoms in total. The van der Waals surface area contributed by atoms with E-state index in [0.717, 1.165) is 0 Å². The Morgan fingerprint density at radius 2 is 1.54 bits per heavy atom. The van der Waals surface area contributed by atoms with E-state index in [-0.39, 0.29) is 0 Å². The Bertz CT molecular complexity index is 1150. The van der Waals surface area contributed by atoms with Crippen LogP contribution in [-0.4, -0.2) is 0 Å². The molecule has 3 aromatic carbocycles. The predicted octanol–water partition coefficient (Wildman–Crippen LogP) is 6.74. The van der Waals surface area contributed by atoms with Crippen LogP contribution < -0.4 is 4.57 Å². The Labute approximate surface area is 168 Å². The number of rotatable bonds is 3. The highest BCUT2D eigenvalue weighted by Gasteiger charge is 2.21. The molecule has 0 radical (unpaired) electrons. The van der Waals surface area contributed by atoms with Gasteiger partial charge < -0.3 is 0 Å². The molecule has 0 bridgehead atoms. The average molecular weight is 367 g/mol. The lowest BCUT2D eigenvalue weighted by molar-refractivity contribution is -0.659. The summed E-state index contributed by atoms with van der Waals surface area (Å²) < 4.78 is 2.26. The second-order valence-corrected chi connectivity index (χ2v) is 8.12. The Morgan fingerprint density at radius 3 is 2.25 bits per heavy atom. The molecule has 140 valence electrons. The molecule has 0 aliphatic carbocycles. The summed E-state index contributed by atoms with van der Waals surface area (Å²) >= 11 is 0. The van der Waals surface area contributed by atoms with E-state index >= 15 is 0 Å². The van der Waals surface area contributed by atoms with Gasteiger partial charge in [0.05, 0.1) is 10.9 Å². The molecule has 0 unspecified atom stereocenters. The van der Waals surface area contributed by atoms with Gasteiger partial charge in [0.25, 0.3) is 0 Å². The number of pyridine rings is 1. The Kier molecular flexibility index (Phi) is 4.77. The quantitative estimate of drug-likeness (QED) is 0.354. The van der Waals surface area contributed by atoms with Gasteiger partial charge in [0.1, 0.15) is 7.05 Å². The van der Waals surface area contributed by atoms with E-state index in [4.69, 9.17) is 0 Å².